The molecule has 4 nitrogen and oxygen atoms in total. The van der Waals surface area contributed by atoms with Crippen LogP contribution in [0, 0.1) is 28.9 Å². The average Bonchev–Trinajstić information content (AvgIpc) is 2.41. The molecule has 0 heterocycles. The van der Waals surface area contributed by atoms with Crippen LogP contribution in [0.4, 0.5) is 8.78 Å². The topological polar surface area (TPSA) is 72.2 Å². The summed E-state index contributed by atoms with van der Waals surface area (Å²) >= 11 is 0. The van der Waals surface area contributed by atoms with Gasteiger partial charge in [-0.2, -0.15) is 0 Å². The van der Waals surface area contributed by atoms with Crippen LogP contribution in [0.2, 0.25) is 0 Å². The van der Waals surface area contributed by atoms with Crippen molar-refractivity contribution in [2.75, 3.05) is 0 Å². The van der Waals surface area contributed by atoms with E-state index in [-0.39, 0.29) is 24.2 Å². The van der Waals surface area contributed by atoms with E-state index >= 15 is 0 Å². The molecule has 1 aromatic rings. The number of carbonyl (C=O) groups excluding carboxylic acids is 2. The van der Waals surface area contributed by atoms with E-state index in [0.717, 1.165) is 6.07 Å². The zero-order chi connectivity index (χ0) is 21.0. The Kier molecular flexibility index (Phi) is 7.52. The molecule has 2 atom stereocenters. The largest absolute Gasteiger partial charge is 0.369 e. The summed E-state index contributed by atoms with van der Waals surface area (Å²) in [5, 5.41) is 2.93. The molecule has 27 heavy (non-hydrogen) atoms. The van der Waals surface area contributed by atoms with Crippen LogP contribution in [0.25, 0.3) is 0 Å². The van der Waals surface area contributed by atoms with Crippen LogP contribution < -0.4 is 11.1 Å². The van der Waals surface area contributed by atoms with Crippen molar-refractivity contribution in [3.63, 3.8) is 0 Å². The van der Waals surface area contributed by atoms with E-state index in [9.17, 15) is 18.4 Å². The maximum absolute atomic E-state index is 13.4. The number of halogens is 2. The van der Waals surface area contributed by atoms with Gasteiger partial charge in [-0.15, -0.1) is 0 Å². The number of rotatable bonds is 7. The summed E-state index contributed by atoms with van der Waals surface area (Å²) in [7, 11) is 0. The molecule has 0 aromatic heterocycles. The van der Waals surface area contributed by atoms with Gasteiger partial charge in [0.25, 0.3) is 0 Å². The molecular weight excluding hydrogens is 350 g/mol. The summed E-state index contributed by atoms with van der Waals surface area (Å²) in [5.74, 6) is -3.48. The van der Waals surface area contributed by atoms with Crippen molar-refractivity contribution >= 4 is 11.8 Å². The maximum Gasteiger partial charge on any atom is 0.224 e. The third-order valence-electron chi connectivity index (χ3n) is 4.18. The summed E-state index contributed by atoms with van der Waals surface area (Å²) in [4.78, 5) is 25.0. The zero-order valence-corrected chi connectivity index (χ0v) is 17.2. The first-order valence-corrected chi connectivity index (χ1v) is 9.24. The maximum atomic E-state index is 13.4. The molecule has 0 bridgehead atoms. The highest BCUT2D eigenvalue weighted by Gasteiger charge is 2.36. The number of primary amides is 1. The van der Waals surface area contributed by atoms with Crippen molar-refractivity contribution in [1.29, 1.82) is 0 Å². The fourth-order valence-corrected chi connectivity index (χ4v) is 3.16. The van der Waals surface area contributed by atoms with Crippen LogP contribution in [-0.2, 0) is 16.0 Å². The lowest BCUT2D eigenvalue weighted by molar-refractivity contribution is -0.135. The van der Waals surface area contributed by atoms with E-state index in [1.54, 1.807) is 0 Å². The van der Waals surface area contributed by atoms with Crippen molar-refractivity contribution in [3.8, 4) is 0 Å². The molecule has 0 spiro atoms. The van der Waals surface area contributed by atoms with Gasteiger partial charge in [-0.3, -0.25) is 9.59 Å². The summed E-state index contributed by atoms with van der Waals surface area (Å²) in [6, 6.07) is 3.26. The smallest absolute Gasteiger partial charge is 0.224 e. The standard InChI is InChI=1S/C21H32F2N2O2/c1-20(2,3)12-17(19(27)25-21(4,5)6)16(18(24)26)8-7-13-9-14(22)11-15(23)10-13/h9-11,16-17H,7-8,12H2,1-6H3,(H2,24,26)(H,25,27)/t16-,17+/m0/s1. The van der Waals surface area contributed by atoms with E-state index in [0.29, 0.717) is 12.0 Å². The van der Waals surface area contributed by atoms with E-state index < -0.39 is 34.9 Å². The molecule has 0 aliphatic carbocycles. The van der Waals surface area contributed by atoms with E-state index in [2.05, 4.69) is 5.32 Å². The summed E-state index contributed by atoms with van der Waals surface area (Å²) in [6.45, 7) is 11.6. The highest BCUT2D eigenvalue weighted by Crippen LogP contribution is 2.32. The molecule has 3 N–H and O–H groups in total. The Morgan fingerprint density at radius 1 is 1.00 bits per heavy atom. The van der Waals surface area contributed by atoms with Crippen LogP contribution in [0.3, 0.4) is 0 Å². The molecule has 0 aliphatic rings. The second kappa shape index (κ2) is 8.81. The van der Waals surface area contributed by atoms with Gasteiger partial charge in [-0.25, -0.2) is 8.78 Å². The quantitative estimate of drug-likeness (QED) is 0.749. The van der Waals surface area contributed by atoms with Gasteiger partial charge in [-0.05, 0) is 63.1 Å². The lowest BCUT2D eigenvalue weighted by Crippen LogP contribution is -2.48. The van der Waals surface area contributed by atoms with E-state index in [4.69, 9.17) is 5.73 Å². The molecule has 0 unspecified atom stereocenters. The first-order valence-electron chi connectivity index (χ1n) is 9.24. The fourth-order valence-electron chi connectivity index (χ4n) is 3.16. The van der Waals surface area contributed by atoms with Crippen molar-refractivity contribution in [2.45, 2.75) is 66.3 Å². The van der Waals surface area contributed by atoms with Crippen LogP contribution in [0.1, 0.15) is 59.9 Å². The second-order valence-electron chi connectivity index (χ2n) is 9.44. The molecule has 0 saturated heterocycles. The van der Waals surface area contributed by atoms with Gasteiger partial charge in [0, 0.05) is 17.5 Å². The van der Waals surface area contributed by atoms with Gasteiger partial charge in [-0.1, -0.05) is 20.8 Å². The van der Waals surface area contributed by atoms with Crippen molar-refractivity contribution < 1.29 is 18.4 Å². The Morgan fingerprint density at radius 2 is 1.52 bits per heavy atom. The summed E-state index contributed by atoms with van der Waals surface area (Å²) in [6.07, 6.45) is 0.974. The van der Waals surface area contributed by atoms with Crippen molar-refractivity contribution in [2.24, 2.45) is 23.0 Å². The number of nitrogens with one attached hydrogen (secondary N) is 1. The highest BCUT2D eigenvalue weighted by molar-refractivity contribution is 5.87. The molecular formula is C21H32F2N2O2. The second-order valence-corrected chi connectivity index (χ2v) is 9.44. The normalized spacial score (nSPS) is 14.5. The minimum Gasteiger partial charge on any atom is -0.369 e. The molecule has 1 aromatic carbocycles. The van der Waals surface area contributed by atoms with Gasteiger partial charge in [0.1, 0.15) is 11.6 Å². The third kappa shape index (κ3) is 8.50. The Balaban J connectivity index is 3.07. The van der Waals surface area contributed by atoms with Crippen molar-refractivity contribution in [3.05, 3.63) is 35.4 Å². The van der Waals surface area contributed by atoms with Crippen LogP contribution in [-0.4, -0.2) is 17.4 Å². The summed E-state index contributed by atoms with van der Waals surface area (Å²) < 4.78 is 26.8. The minimum atomic E-state index is -0.724. The molecule has 0 aliphatic heterocycles. The van der Waals surface area contributed by atoms with Crippen LogP contribution >= 0.6 is 0 Å². The zero-order valence-electron chi connectivity index (χ0n) is 17.2. The summed E-state index contributed by atoms with van der Waals surface area (Å²) in [5.41, 5.74) is 5.41. The molecule has 152 valence electrons. The van der Waals surface area contributed by atoms with Gasteiger partial charge in [0.05, 0.1) is 5.92 Å². The Hall–Kier alpha value is -1.98. The predicted octanol–water partition coefficient (Wildman–Crippen LogP) is 3.97. The molecule has 0 saturated carbocycles. The number of hydrogen-bond donors (Lipinski definition) is 2. The molecule has 2 amide bonds. The van der Waals surface area contributed by atoms with Gasteiger partial charge < -0.3 is 11.1 Å². The van der Waals surface area contributed by atoms with Crippen LogP contribution in [0.15, 0.2) is 18.2 Å². The Morgan fingerprint density at radius 3 is 1.93 bits per heavy atom. The number of nitrogens with two attached hydrogens (primary N) is 1. The molecule has 1 rings (SSSR count). The average molecular weight is 382 g/mol. The molecule has 6 heteroatoms. The lowest BCUT2D eigenvalue weighted by atomic mass is 9.75. The SMILES string of the molecule is CC(C)(C)C[C@@H](C(=O)NC(C)(C)C)[C@H](CCc1cc(F)cc(F)c1)C(N)=O. The predicted molar refractivity (Wildman–Crippen MR) is 103 cm³/mol. The lowest BCUT2D eigenvalue weighted by Gasteiger charge is -2.32. The monoisotopic (exact) mass is 382 g/mol. The van der Waals surface area contributed by atoms with Gasteiger partial charge in [0.15, 0.2) is 0 Å². The number of benzene rings is 1. The highest BCUT2D eigenvalue weighted by atomic mass is 19.1. The molecule has 0 radical (unpaired) electrons. The van der Waals surface area contributed by atoms with Crippen molar-refractivity contribution in [1.82, 2.24) is 5.32 Å². The number of carbonyl (C=O) groups is 2. The minimum absolute atomic E-state index is 0.196. The fraction of sp³-hybridized carbons (Fsp3) is 0.619. The Labute approximate surface area is 160 Å². The first kappa shape index (κ1) is 23.1. The van der Waals surface area contributed by atoms with Gasteiger partial charge in [0.2, 0.25) is 11.8 Å². The van der Waals surface area contributed by atoms with Gasteiger partial charge >= 0.3 is 0 Å². The Bertz CT molecular complexity index is 655. The van der Waals surface area contributed by atoms with Crippen LogP contribution in [0.5, 0.6) is 0 Å². The third-order valence-corrected chi connectivity index (χ3v) is 4.18. The van der Waals surface area contributed by atoms with E-state index in [1.807, 2.05) is 41.5 Å². The molecule has 0 fully saturated rings. The first-order chi connectivity index (χ1) is 12.2. The number of hydrogen-bond acceptors (Lipinski definition) is 2. The van der Waals surface area contributed by atoms with E-state index in [1.165, 1.54) is 12.1 Å². The number of aryl methyl sites for hydroxylation is 1. The number of amides is 2.